The first kappa shape index (κ1) is 16.2. The highest BCUT2D eigenvalue weighted by Crippen LogP contribution is 2.26. The van der Waals surface area contributed by atoms with E-state index in [1.165, 1.54) is 6.08 Å². The number of hydrogen-bond donors (Lipinski definition) is 1. The molecule has 0 aliphatic heterocycles. The van der Waals surface area contributed by atoms with Crippen molar-refractivity contribution in [3.05, 3.63) is 66.4 Å². The van der Waals surface area contributed by atoms with Crippen LogP contribution in [0.3, 0.4) is 0 Å². The maximum Gasteiger partial charge on any atom is 0.162 e. The van der Waals surface area contributed by atoms with Gasteiger partial charge < -0.3 is 0 Å². The van der Waals surface area contributed by atoms with Crippen molar-refractivity contribution in [2.45, 2.75) is 13.3 Å². The predicted octanol–water partition coefficient (Wildman–Crippen LogP) is 2.34. The van der Waals surface area contributed by atoms with Crippen LogP contribution in [0.4, 0.5) is 0 Å². The average Bonchev–Trinajstić information content (AvgIpc) is 3.16. The quantitative estimate of drug-likeness (QED) is 0.714. The van der Waals surface area contributed by atoms with E-state index in [4.69, 9.17) is 9.82 Å². The molecule has 0 fully saturated rings. The molecule has 3 aromatic rings. The predicted molar refractivity (Wildman–Crippen MR) is 96.0 cm³/mol. The monoisotopic (exact) mass is 347 g/mol. The van der Waals surface area contributed by atoms with E-state index < -0.39 is 0 Å². The Morgan fingerprint density at radius 1 is 1.27 bits per heavy atom. The van der Waals surface area contributed by atoms with Crippen molar-refractivity contribution >= 4 is 11.5 Å². The standard InChI is InChI=1S/C19H17N5O2/c1-2-26-23-18-9-16(25)8-13-5-6-17(22-19(13)18)14-10-21-24(12-14)15-4-3-7-20-11-15/h3-7,9-12,23H,2,8H2,1H3. The number of rotatable bonds is 5. The van der Waals surface area contributed by atoms with Gasteiger partial charge in [-0.15, -0.1) is 0 Å². The minimum absolute atomic E-state index is 0.0265. The Morgan fingerprint density at radius 2 is 2.19 bits per heavy atom. The van der Waals surface area contributed by atoms with E-state index >= 15 is 0 Å². The molecule has 0 bridgehead atoms. The summed E-state index contributed by atoms with van der Waals surface area (Å²) in [5.74, 6) is 0.0265. The van der Waals surface area contributed by atoms with Gasteiger partial charge in [0.1, 0.15) is 0 Å². The van der Waals surface area contributed by atoms with Crippen LogP contribution in [0.15, 0.2) is 55.1 Å². The van der Waals surface area contributed by atoms with E-state index in [0.717, 1.165) is 28.2 Å². The number of nitrogens with one attached hydrogen (secondary N) is 1. The molecule has 0 saturated heterocycles. The normalized spacial score (nSPS) is 13.3. The summed E-state index contributed by atoms with van der Waals surface area (Å²) < 4.78 is 1.75. The van der Waals surface area contributed by atoms with Gasteiger partial charge >= 0.3 is 0 Å². The van der Waals surface area contributed by atoms with Gasteiger partial charge in [0, 0.05) is 30.5 Å². The van der Waals surface area contributed by atoms with Gasteiger partial charge in [-0.2, -0.15) is 5.10 Å². The van der Waals surface area contributed by atoms with Crippen LogP contribution in [-0.2, 0) is 16.1 Å². The van der Waals surface area contributed by atoms with Gasteiger partial charge in [-0.1, -0.05) is 6.07 Å². The lowest BCUT2D eigenvalue weighted by Gasteiger charge is -2.17. The Kier molecular flexibility index (Phi) is 4.28. The number of carbonyl (C=O) groups is 1. The number of hydroxylamine groups is 1. The lowest BCUT2D eigenvalue weighted by atomic mass is 9.98. The number of ketones is 1. The first-order valence-corrected chi connectivity index (χ1v) is 8.32. The van der Waals surface area contributed by atoms with E-state index in [2.05, 4.69) is 15.6 Å². The molecule has 1 aliphatic carbocycles. The maximum absolute atomic E-state index is 11.9. The summed E-state index contributed by atoms with van der Waals surface area (Å²) in [5, 5.41) is 4.38. The molecule has 1 N–H and O–H groups in total. The van der Waals surface area contributed by atoms with E-state index in [-0.39, 0.29) is 5.78 Å². The Hall–Kier alpha value is -3.32. The smallest absolute Gasteiger partial charge is 0.162 e. The molecule has 0 atom stereocenters. The molecule has 0 radical (unpaired) electrons. The summed E-state index contributed by atoms with van der Waals surface area (Å²) in [6.07, 6.45) is 9.01. The van der Waals surface area contributed by atoms with Crippen LogP contribution >= 0.6 is 0 Å². The number of fused-ring (bicyclic) bond motifs is 1. The zero-order valence-corrected chi connectivity index (χ0v) is 14.2. The molecule has 130 valence electrons. The van der Waals surface area contributed by atoms with Crippen LogP contribution in [-0.4, -0.2) is 32.1 Å². The van der Waals surface area contributed by atoms with Crippen molar-refractivity contribution in [2.24, 2.45) is 0 Å². The third-order valence-electron chi connectivity index (χ3n) is 4.02. The lowest BCUT2D eigenvalue weighted by Crippen LogP contribution is -2.21. The minimum atomic E-state index is 0.0265. The molecular weight excluding hydrogens is 330 g/mol. The van der Waals surface area contributed by atoms with Crippen LogP contribution in [0.1, 0.15) is 18.2 Å². The second-order valence-corrected chi connectivity index (χ2v) is 5.83. The highest BCUT2D eigenvalue weighted by atomic mass is 16.6. The van der Waals surface area contributed by atoms with Gasteiger partial charge in [0.25, 0.3) is 0 Å². The summed E-state index contributed by atoms with van der Waals surface area (Å²) in [4.78, 5) is 26.0. The molecule has 4 rings (SSSR count). The van der Waals surface area contributed by atoms with Crippen LogP contribution in [0.2, 0.25) is 0 Å². The average molecular weight is 347 g/mol. The molecule has 0 unspecified atom stereocenters. The summed E-state index contributed by atoms with van der Waals surface area (Å²) in [6, 6.07) is 7.63. The summed E-state index contributed by atoms with van der Waals surface area (Å²) in [5.41, 5.74) is 7.53. The summed E-state index contributed by atoms with van der Waals surface area (Å²) in [7, 11) is 0. The zero-order valence-electron chi connectivity index (χ0n) is 14.2. The Labute approximate surface area is 150 Å². The Morgan fingerprint density at radius 3 is 3.00 bits per heavy atom. The van der Waals surface area contributed by atoms with Gasteiger partial charge in [-0.3, -0.25) is 20.1 Å². The molecule has 7 nitrogen and oxygen atoms in total. The minimum Gasteiger partial charge on any atom is -0.294 e. The fraction of sp³-hybridized carbons (Fsp3) is 0.158. The van der Waals surface area contributed by atoms with E-state index in [1.807, 2.05) is 37.4 Å². The van der Waals surface area contributed by atoms with E-state index in [1.54, 1.807) is 23.3 Å². The third kappa shape index (κ3) is 3.12. The first-order chi connectivity index (χ1) is 12.7. The van der Waals surface area contributed by atoms with Gasteiger partial charge in [0.05, 0.1) is 41.8 Å². The molecule has 1 aliphatic rings. The number of carbonyl (C=O) groups excluding carboxylic acids is 1. The lowest BCUT2D eigenvalue weighted by molar-refractivity contribution is -0.114. The van der Waals surface area contributed by atoms with Crippen LogP contribution in [0, 0.1) is 0 Å². The number of pyridine rings is 2. The van der Waals surface area contributed by atoms with Crippen molar-refractivity contribution < 1.29 is 9.63 Å². The molecular formula is C19H17N5O2. The Bertz CT molecular complexity index is 979. The molecule has 26 heavy (non-hydrogen) atoms. The van der Waals surface area contributed by atoms with Crippen molar-refractivity contribution in [3.63, 3.8) is 0 Å². The van der Waals surface area contributed by atoms with E-state index in [9.17, 15) is 4.79 Å². The van der Waals surface area contributed by atoms with E-state index in [0.29, 0.717) is 18.7 Å². The van der Waals surface area contributed by atoms with Crippen molar-refractivity contribution in [2.75, 3.05) is 6.61 Å². The van der Waals surface area contributed by atoms with Crippen molar-refractivity contribution in [1.82, 2.24) is 25.2 Å². The number of allylic oxidation sites excluding steroid dienone is 1. The number of aromatic nitrogens is 4. The molecule has 0 spiro atoms. The molecule has 3 aromatic heterocycles. The second kappa shape index (κ2) is 6.89. The number of nitrogens with zero attached hydrogens (tertiary/aromatic N) is 4. The summed E-state index contributed by atoms with van der Waals surface area (Å²) in [6.45, 7) is 2.36. The first-order valence-electron chi connectivity index (χ1n) is 8.32. The molecule has 0 saturated carbocycles. The Balaban J connectivity index is 1.69. The second-order valence-electron chi connectivity index (χ2n) is 5.83. The molecule has 0 aromatic carbocycles. The van der Waals surface area contributed by atoms with Crippen molar-refractivity contribution in [3.8, 4) is 16.9 Å². The zero-order chi connectivity index (χ0) is 17.9. The maximum atomic E-state index is 11.9. The third-order valence-corrected chi connectivity index (χ3v) is 4.02. The highest BCUT2D eigenvalue weighted by Gasteiger charge is 2.20. The van der Waals surface area contributed by atoms with Gasteiger partial charge in [0.2, 0.25) is 0 Å². The SMILES string of the molecule is CCONC1=CC(=O)Cc2ccc(-c3cnn(-c4cccnc4)c3)nc21. The van der Waals surface area contributed by atoms with Gasteiger partial charge in [-0.05, 0) is 30.7 Å². The van der Waals surface area contributed by atoms with Gasteiger partial charge in [0.15, 0.2) is 5.78 Å². The van der Waals surface area contributed by atoms with Crippen LogP contribution in [0.5, 0.6) is 0 Å². The number of hydrogen-bond acceptors (Lipinski definition) is 6. The fourth-order valence-corrected chi connectivity index (χ4v) is 2.81. The van der Waals surface area contributed by atoms with Crippen LogP contribution < -0.4 is 5.48 Å². The largest absolute Gasteiger partial charge is 0.294 e. The highest BCUT2D eigenvalue weighted by molar-refractivity contribution is 6.01. The molecule has 7 heteroatoms. The van der Waals surface area contributed by atoms with Crippen molar-refractivity contribution in [1.29, 1.82) is 0 Å². The van der Waals surface area contributed by atoms with Gasteiger partial charge in [-0.25, -0.2) is 9.67 Å². The van der Waals surface area contributed by atoms with Crippen LogP contribution in [0.25, 0.3) is 22.6 Å². The topological polar surface area (TPSA) is 81.9 Å². The fourth-order valence-electron chi connectivity index (χ4n) is 2.81. The molecule has 3 heterocycles. The summed E-state index contributed by atoms with van der Waals surface area (Å²) >= 11 is 0. The molecule has 0 amide bonds.